The van der Waals surface area contributed by atoms with Gasteiger partial charge in [0, 0.05) is 24.1 Å². The smallest absolute Gasteiger partial charge is 0.410 e. The monoisotopic (exact) mass is 465 g/mol. The molecule has 0 aromatic rings. The minimum atomic E-state index is -1.09. The van der Waals surface area contributed by atoms with Crippen LogP contribution in [0.1, 0.15) is 53.9 Å². The van der Waals surface area contributed by atoms with Crippen molar-refractivity contribution in [3.63, 3.8) is 0 Å². The van der Waals surface area contributed by atoms with E-state index >= 15 is 0 Å². The summed E-state index contributed by atoms with van der Waals surface area (Å²) in [5.41, 5.74) is -0.622. The number of aliphatic hydroxyl groups excluding tert-OH is 3. The Balaban J connectivity index is 2.15. The van der Waals surface area contributed by atoms with Gasteiger partial charge in [-0.05, 0) is 40.2 Å². The molecule has 2 fully saturated rings. The molecule has 8 nitrogen and oxygen atoms in total. The van der Waals surface area contributed by atoms with Gasteiger partial charge in [0.05, 0.1) is 10.1 Å². The number of carbonyl (C=O) groups excluding carboxylic acids is 1. The van der Waals surface area contributed by atoms with Gasteiger partial charge in [0.2, 0.25) is 0 Å². The van der Waals surface area contributed by atoms with E-state index in [1.165, 1.54) is 0 Å². The van der Waals surface area contributed by atoms with Crippen LogP contribution in [0, 0.1) is 0 Å². The van der Waals surface area contributed by atoms with Crippen molar-refractivity contribution in [2.45, 2.75) is 94.2 Å². The lowest BCUT2D eigenvalue weighted by Gasteiger charge is -2.35. The lowest BCUT2D eigenvalue weighted by Crippen LogP contribution is -2.58. The Hall–Kier alpha value is -0.230. The second-order valence-electron chi connectivity index (χ2n) is 8.99. The summed E-state index contributed by atoms with van der Waals surface area (Å²) < 4.78 is 5.47. The minimum absolute atomic E-state index is 0.133. The number of aliphatic hydroxyl groups is 3. The molecule has 5 N–H and O–H groups in total. The van der Waals surface area contributed by atoms with Crippen LogP contribution in [0.15, 0.2) is 0 Å². The number of likely N-dealkylation sites (tertiary alicyclic amines) is 1. The quantitative estimate of drug-likeness (QED) is 0.324. The zero-order chi connectivity index (χ0) is 22.5. The number of thioether (sulfide) groups is 2. The van der Waals surface area contributed by atoms with E-state index in [-0.39, 0.29) is 4.08 Å². The highest BCUT2D eigenvalue weighted by molar-refractivity contribution is 8.21. The number of rotatable bonds is 9. The number of hydrogen-bond acceptors (Lipinski definition) is 9. The number of likely N-dealkylation sites (N-methyl/N-ethyl adjacent to an activating group) is 1. The van der Waals surface area contributed by atoms with Gasteiger partial charge in [-0.3, -0.25) is 15.5 Å². The van der Waals surface area contributed by atoms with E-state index in [1.807, 2.05) is 58.1 Å². The fraction of sp³-hybridized carbons (Fsp3) is 0.950. The first-order valence-electron chi connectivity index (χ1n) is 10.8. The van der Waals surface area contributed by atoms with Gasteiger partial charge in [0.25, 0.3) is 0 Å². The summed E-state index contributed by atoms with van der Waals surface area (Å²) in [6.45, 7) is 10.4. The van der Waals surface area contributed by atoms with Gasteiger partial charge in [-0.1, -0.05) is 20.3 Å². The Morgan fingerprint density at radius 3 is 2.40 bits per heavy atom. The van der Waals surface area contributed by atoms with Crippen molar-refractivity contribution in [2.75, 3.05) is 24.6 Å². The summed E-state index contributed by atoms with van der Waals surface area (Å²) in [6, 6.07) is -0.985. The van der Waals surface area contributed by atoms with Crippen LogP contribution in [0.25, 0.3) is 0 Å². The summed E-state index contributed by atoms with van der Waals surface area (Å²) in [4.78, 5) is 14.5. The second kappa shape index (κ2) is 11.1. The van der Waals surface area contributed by atoms with Crippen molar-refractivity contribution in [2.24, 2.45) is 0 Å². The summed E-state index contributed by atoms with van der Waals surface area (Å²) in [6.07, 6.45) is -1.66. The lowest BCUT2D eigenvalue weighted by atomic mass is 10.0. The van der Waals surface area contributed by atoms with Gasteiger partial charge in [-0.15, -0.1) is 23.5 Å². The largest absolute Gasteiger partial charge is 0.444 e. The Kier molecular flexibility index (Phi) is 9.60. The Labute approximate surface area is 188 Å². The van der Waals surface area contributed by atoms with Crippen molar-refractivity contribution in [1.29, 1.82) is 0 Å². The molecule has 0 aromatic carbocycles. The van der Waals surface area contributed by atoms with Crippen molar-refractivity contribution < 1.29 is 24.9 Å². The van der Waals surface area contributed by atoms with E-state index < -0.39 is 42.3 Å². The number of ether oxygens (including phenoxy) is 1. The van der Waals surface area contributed by atoms with Gasteiger partial charge in [0.15, 0.2) is 0 Å². The number of carbonyl (C=O) groups is 1. The summed E-state index contributed by atoms with van der Waals surface area (Å²) in [5.74, 6) is 2.05. The maximum atomic E-state index is 12.9. The standard InChI is InChI=1S/C20H39N3O5S2/c1-6-8-13(15(24)17(26)21-7-2)22-16(25)14-11-20(29-9-10-30-20)12-23(14)18(27)28-19(3,4)5/h13-17,21-22,24-26H,6-12H2,1-5H3/t13?,14-,15?,16-,17-/m0/s1. The van der Waals surface area contributed by atoms with Gasteiger partial charge in [-0.25, -0.2) is 4.79 Å². The van der Waals surface area contributed by atoms with E-state index in [0.29, 0.717) is 25.9 Å². The molecule has 0 aromatic heterocycles. The van der Waals surface area contributed by atoms with Crippen LogP contribution in [0.4, 0.5) is 4.79 Å². The Morgan fingerprint density at radius 2 is 1.87 bits per heavy atom. The average molecular weight is 466 g/mol. The zero-order valence-electron chi connectivity index (χ0n) is 18.8. The van der Waals surface area contributed by atoms with E-state index in [4.69, 9.17) is 4.74 Å². The molecule has 2 unspecified atom stereocenters. The van der Waals surface area contributed by atoms with E-state index in [2.05, 4.69) is 10.6 Å². The molecule has 2 aliphatic heterocycles. The summed E-state index contributed by atoms with van der Waals surface area (Å²) in [7, 11) is 0. The van der Waals surface area contributed by atoms with Crippen molar-refractivity contribution in [3.05, 3.63) is 0 Å². The maximum absolute atomic E-state index is 12.9. The fourth-order valence-electron chi connectivity index (χ4n) is 3.92. The molecule has 5 atom stereocenters. The van der Waals surface area contributed by atoms with E-state index in [9.17, 15) is 20.1 Å². The van der Waals surface area contributed by atoms with Crippen LogP contribution in [0.2, 0.25) is 0 Å². The van der Waals surface area contributed by atoms with Crippen LogP contribution in [-0.4, -0.2) is 91.2 Å². The van der Waals surface area contributed by atoms with Crippen molar-refractivity contribution in [3.8, 4) is 0 Å². The molecule has 10 heteroatoms. The lowest BCUT2D eigenvalue weighted by molar-refractivity contribution is -0.0473. The molecule has 1 amide bonds. The second-order valence-corrected chi connectivity index (χ2v) is 12.2. The van der Waals surface area contributed by atoms with Crippen LogP contribution < -0.4 is 10.6 Å². The zero-order valence-corrected chi connectivity index (χ0v) is 20.4. The molecular formula is C20H39N3O5S2. The third-order valence-electron chi connectivity index (χ3n) is 5.27. The van der Waals surface area contributed by atoms with Crippen LogP contribution in [0.5, 0.6) is 0 Å². The normalized spacial score (nSPS) is 25.3. The molecule has 2 aliphatic rings. The molecule has 0 radical (unpaired) electrons. The molecule has 2 rings (SSSR count). The first-order chi connectivity index (χ1) is 14.0. The summed E-state index contributed by atoms with van der Waals surface area (Å²) >= 11 is 3.67. The third-order valence-corrected chi connectivity index (χ3v) is 8.70. The van der Waals surface area contributed by atoms with Crippen LogP contribution in [-0.2, 0) is 4.74 Å². The predicted molar refractivity (Wildman–Crippen MR) is 123 cm³/mol. The first-order valence-corrected chi connectivity index (χ1v) is 12.8. The van der Waals surface area contributed by atoms with Crippen molar-refractivity contribution >= 4 is 29.6 Å². The fourth-order valence-corrected chi connectivity index (χ4v) is 7.20. The Bertz CT molecular complexity index is 557. The first kappa shape index (κ1) is 26.0. The van der Waals surface area contributed by atoms with E-state index in [1.54, 1.807) is 4.90 Å². The van der Waals surface area contributed by atoms with Gasteiger partial charge >= 0.3 is 6.09 Å². The highest BCUT2D eigenvalue weighted by Gasteiger charge is 2.52. The van der Waals surface area contributed by atoms with Gasteiger partial charge in [0.1, 0.15) is 24.2 Å². The van der Waals surface area contributed by atoms with Crippen LogP contribution >= 0.6 is 23.5 Å². The number of nitrogens with zero attached hydrogens (tertiary/aromatic N) is 1. The van der Waals surface area contributed by atoms with E-state index in [0.717, 1.165) is 17.9 Å². The molecule has 0 saturated carbocycles. The van der Waals surface area contributed by atoms with Crippen LogP contribution in [0.3, 0.4) is 0 Å². The number of amides is 1. The molecule has 1 spiro atoms. The third kappa shape index (κ3) is 6.88. The van der Waals surface area contributed by atoms with Gasteiger partial charge in [-0.2, -0.15) is 0 Å². The summed E-state index contributed by atoms with van der Waals surface area (Å²) in [5, 5.41) is 37.7. The predicted octanol–water partition coefficient (Wildman–Crippen LogP) is 1.54. The molecule has 0 aliphatic carbocycles. The molecular weight excluding hydrogens is 426 g/mol. The minimum Gasteiger partial charge on any atom is -0.444 e. The molecule has 176 valence electrons. The number of hydrogen-bond donors (Lipinski definition) is 5. The Morgan fingerprint density at radius 1 is 1.23 bits per heavy atom. The maximum Gasteiger partial charge on any atom is 0.410 e. The highest BCUT2D eigenvalue weighted by atomic mass is 32.2. The molecule has 30 heavy (non-hydrogen) atoms. The topological polar surface area (TPSA) is 114 Å². The average Bonchev–Trinajstić information content (AvgIpc) is 3.27. The molecule has 2 heterocycles. The van der Waals surface area contributed by atoms with Crippen molar-refractivity contribution in [1.82, 2.24) is 15.5 Å². The highest BCUT2D eigenvalue weighted by Crippen LogP contribution is 2.52. The number of nitrogens with one attached hydrogen (secondary N) is 2. The van der Waals surface area contributed by atoms with Gasteiger partial charge < -0.3 is 20.1 Å². The molecule has 2 saturated heterocycles. The SMILES string of the molecule is CCCC(N[C@@H](O)[C@@H]1CC2(CN1C(=O)OC(C)(C)C)SCCS2)C(O)[C@H](O)NCC. The molecule has 0 bridgehead atoms.